The van der Waals surface area contributed by atoms with E-state index in [4.69, 9.17) is 4.43 Å². The van der Waals surface area contributed by atoms with Gasteiger partial charge in [-0.2, -0.15) is 35.9 Å². The van der Waals surface area contributed by atoms with Crippen molar-refractivity contribution in [3.05, 3.63) is 151 Å². The maximum absolute atomic E-state index is 6.54. The average molecular weight is 531 g/mol. The SMILES string of the molecule is CO[Si](c1ccccc1)(c1ccccc1)c1ccccc1CCCC[c-]1cccc1.[Fe+2].c1cc[cH-]c1. The number of hydrogen-bond acceptors (Lipinski definition) is 1. The molecule has 0 unspecified atom stereocenters. The zero-order valence-electron chi connectivity index (χ0n) is 20.9. The molecule has 36 heavy (non-hydrogen) atoms. The van der Waals surface area contributed by atoms with Gasteiger partial charge in [0.15, 0.2) is 0 Å². The van der Waals surface area contributed by atoms with Crippen molar-refractivity contribution in [1.82, 2.24) is 0 Å². The van der Waals surface area contributed by atoms with Gasteiger partial charge in [0.05, 0.1) is 0 Å². The van der Waals surface area contributed by atoms with Gasteiger partial charge in [0.25, 0.3) is 8.32 Å². The molecule has 0 aromatic heterocycles. The minimum atomic E-state index is -2.56. The van der Waals surface area contributed by atoms with Gasteiger partial charge in [0, 0.05) is 7.11 Å². The number of aryl methyl sites for hydroxylation is 2. The van der Waals surface area contributed by atoms with E-state index in [0.29, 0.717) is 0 Å². The van der Waals surface area contributed by atoms with Crippen LogP contribution in [0.3, 0.4) is 0 Å². The first kappa shape index (κ1) is 27.6. The summed E-state index contributed by atoms with van der Waals surface area (Å²) in [6.07, 6.45) is 4.62. The fourth-order valence-corrected chi connectivity index (χ4v) is 8.76. The third-order valence-corrected chi connectivity index (χ3v) is 10.7. The Kier molecular flexibility index (Phi) is 11.2. The molecule has 0 N–H and O–H groups in total. The Bertz CT molecular complexity index is 1160. The first-order valence-corrected chi connectivity index (χ1v) is 14.4. The molecular weight excluding hydrogens is 496 g/mol. The van der Waals surface area contributed by atoms with Crippen LogP contribution in [0.5, 0.6) is 0 Å². The summed E-state index contributed by atoms with van der Waals surface area (Å²) in [5.41, 5.74) is 2.86. The van der Waals surface area contributed by atoms with Crippen molar-refractivity contribution in [2.24, 2.45) is 0 Å². The van der Waals surface area contributed by atoms with E-state index in [9.17, 15) is 0 Å². The number of hydrogen-bond donors (Lipinski definition) is 0. The smallest absolute Gasteiger partial charge is 0.408 e. The summed E-state index contributed by atoms with van der Waals surface area (Å²) in [5.74, 6) is 0. The van der Waals surface area contributed by atoms with E-state index in [1.807, 2.05) is 37.4 Å². The largest absolute Gasteiger partial charge is 2.00 e. The van der Waals surface area contributed by atoms with Gasteiger partial charge >= 0.3 is 17.1 Å². The van der Waals surface area contributed by atoms with Crippen molar-refractivity contribution in [1.29, 1.82) is 0 Å². The van der Waals surface area contributed by atoms with E-state index in [-0.39, 0.29) is 17.1 Å². The summed E-state index contributed by atoms with van der Waals surface area (Å²) in [5, 5.41) is 3.96. The van der Waals surface area contributed by atoms with Crippen LogP contribution < -0.4 is 15.6 Å². The zero-order valence-corrected chi connectivity index (χ0v) is 23.0. The molecule has 0 heterocycles. The molecule has 0 aliphatic rings. The van der Waals surface area contributed by atoms with E-state index in [1.165, 1.54) is 39.5 Å². The molecule has 0 fully saturated rings. The molecule has 1 nitrogen and oxygen atoms in total. The Balaban J connectivity index is 0.000000538. The first-order chi connectivity index (χ1) is 17.3. The second-order valence-corrected chi connectivity index (χ2v) is 12.2. The van der Waals surface area contributed by atoms with E-state index in [0.717, 1.165) is 12.8 Å². The molecule has 0 aliphatic carbocycles. The molecule has 0 atom stereocenters. The van der Waals surface area contributed by atoms with E-state index >= 15 is 0 Å². The van der Waals surface area contributed by atoms with Crippen LogP contribution in [0.25, 0.3) is 0 Å². The van der Waals surface area contributed by atoms with Crippen LogP contribution in [0.15, 0.2) is 140 Å². The maximum Gasteiger partial charge on any atom is 2.00 e. The van der Waals surface area contributed by atoms with Crippen LogP contribution in [0.1, 0.15) is 24.0 Å². The molecule has 0 saturated carbocycles. The third kappa shape index (κ3) is 6.84. The fourth-order valence-electron chi connectivity index (χ4n) is 4.80. The molecular formula is C33H34FeOSi. The molecule has 0 radical (unpaired) electrons. The summed E-state index contributed by atoms with van der Waals surface area (Å²) in [6.45, 7) is 0. The van der Waals surface area contributed by atoms with Crippen molar-refractivity contribution in [2.75, 3.05) is 7.11 Å². The Morgan fingerprint density at radius 1 is 0.667 bits per heavy atom. The van der Waals surface area contributed by atoms with Crippen molar-refractivity contribution in [3.63, 3.8) is 0 Å². The van der Waals surface area contributed by atoms with Gasteiger partial charge in [-0.25, -0.2) is 24.3 Å². The van der Waals surface area contributed by atoms with Gasteiger partial charge in [-0.05, 0) is 34.0 Å². The van der Waals surface area contributed by atoms with E-state index in [2.05, 4.69) is 109 Å². The Morgan fingerprint density at radius 2 is 1.22 bits per heavy atom. The monoisotopic (exact) mass is 530 g/mol. The van der Waals surface area contributed by atoms with Gasteiger partial charge in [-0.15, -0.1) is 0 Å². The van der Waals surface area contributed by atoms with Crippen LogP contribution in [0.2, 0.25) is 0 Å². The Labute approximate surface area is 228 Å². The molecule has 0 bridgehead atoms. The standard InChI is InChI=1S/C28H29OSi.C5H5.Fe/c1-29-30(26-19-4-2-5-20-26,27-21-6-3-7-22-27)28-23-13-12-18-25(28)17-11-10-16-24-14-8-9-15-24;1-2-4-5-3-1;/h2-9,12-15,18-23H,10-11,16-17H2,1H3;1-5H;/q2*-1;+2. The molecule has 5 rings (SSSR count). The molecule has 0 spiro atoms. The minimum absolute atomic E-state index is 0. The van der Waals surface area contributed by atoms with E-state index < -0.39 is 8.32 Å². The second kappa shape index (κ2) is 14.6. The number of unbranched alkanes of at least 4 members (excludes halogenated alkanes) is 1. The van der Waals surface area contributed by atoms with Gasteiger partial charge in [0.1, 0.15) is 0 Å². The second-order valence-electron chi connectivity index (χ2n) is 8.74. The summed E-state index contributed by atoms with van der Waals surface area (Å²) in [6, 6.07) is 49.2. The molecule has 3 heteroatoms. The zero-order chi connectivity index (χ0) is 24.2. The first-order valence-electron chi connectivity index (χ1n) is 12.5. The van der Waals surface area contributed by atoms with Crippen molar-refractivity contribution < 1.29 is 21.5 Å². The molecule has 184 valence electrons. The predicted molar refractivity (Wildman–Crippen MR) is 152 cm³/mol. The summed E-state index contributed by atoms with van der Waals surface area (Å²) < 4.78 is 6.54. The van der Waals surface area contributed by atoms with Crippen molar-refractivity contribution >= 4 is 23.9 Å². The summed E-state index contributed by atoms with van der Waals surface area (Å²) in [7, 11) is -0.668. The topological polar surface area (TPSA) is 9.23 Å². The third-order valence-electron chi connectivity index (χ3n) is 6.51. The Hall–Kier alpha value is -2.94. The van der Waals surface area contributed by atoms with Crippen LogP contribution in [-0.4, -0.2) is 15.4 Å². The predicted octanol–water partition coefficient (Wildman–Crippen LogP) is 5.99. The summed E-state index contributed by atoms with van der Waals surface area (Å²) >= 11 is 0. The summed E-state index contributed by atoms with van der Waals surface area (Å²) in [4.78, 5) is 0. The normalized spacial score (nSPS) is 10.7. The van der Waals surface area contributed by atoms with Gasteiger partial charge < -0.3 is 4.43 Å². The van der Waals surface area contributed by atoms with E-state index in [1.54, 1.807) is 0 Å². The molecule has 0 aliphatic heterocycles. The van der Waals surface area contributed by atoms with Gasteiger partial charge in [-0.1, -0.05) is 97.8 Å². The van der Waals surface area contributed by atoms with Crippen LogP contribution in [0.4, 0.5) is 0 Å². The maximum atomic E-state index is 6.54. The molecule has 5 aromatic rings. The molecule has 0 saturated heterocycles. The van der Waals surface area contributed by atoms with Crippen LogP contribution in [-0.2, 0) is 34.3 Å². The quantitative estimate of drug-likeness (QED) is 0.0985. The number of rotatable bonds is 9. The van der Waals surface area contributed by atoms with Gasteiger partial charge in [0.2, 0.25) is 0 Å². The molecule has 0 amide bonds. The Morgan fingerprint density at radius 3 is 1.75 bits per heavy atom. The number of benzene rings is 3. The average Bonchev–Trinajstić information content (AvgIpc) is 3.67. The fraction of sp³-hybridized carbons (Fsp3) is 0.152. The molecule has 5 aromatic carbocycles. The minimum Gasteiger partial charge on any atom is -0.408 e. The van der Waals surface area contributed by atoms with Crippen molar-refractivity contribution in [3.8, 4) is 0 Å². The van der Waals surface area contributed by atoms with Crippen molar-refractivity contribution in [2.45, 2.75) is 25.7 Å². The van der Waals surface area contributed by atoms with Crippen LogP contribution in [0, 0.1) is 0 Å². The van der Waals surface area contributed by atoms with Gasteiger partial charge in [-0.3, -0.25) is 0 Å². The van der Waals surface area contributed by atoms with Crippen LogP contribution >= 0.6 is 0 Å².